The van der Waals surface area contributed by atoms with E-state index in [0.29, 0.717) is 0 Å². The van der Waals surface area contributed by atoms with Crippen molar-refractivity contribution in [3.8, 4) is 0 Å². The molecular weight excluding hydrogens is 204 g/mol. The first-order valence-corrected chi connectivity index (χ1v) is 3.19. The minimum absolute atomic E-state index is 0. The molecule has 0 saturated carbocycles. The molecule has 2 aromatic rings. The van der Waals surface area contributed by atoms with Crippen molar-refractivity contribution in [2.24, 2.45) is 0 Å². The lowest BCUT2D eigenvalue weighted by atomic mass is 10.2. The quantitative estimate of drug-likeness (QED) is 0.648. The van der Waals surface area contributed by atoms with Gasteiger partial charge in [-0.3, -0.25) is 0 Å². The van der Waals surface area contributed by atoms with Crippen LogP contribution in [0.2, 0.25) is 0 Å². The van der Waals surface area contributed by atoms with Gasteiger partial charge in [-0.15, -0.1) is 17.0 Å². The van der Waals surface area contributed by atoms with Crippen LogP contribution in [0.15, 0.2) is 30.5 Å². The maximum Gasteiger partial charge on any atom is 0.0687 e. The summed E-state index contributed by atoms with van der Waals surface area (Å²) >= 11 is 0. The first-order valence-electron chi connectivity index (χ1n) is 3.19. The number of hydrogen-bond acceptors (Lipinski definition) is 1. The number of aromatic amines is 1. The molecule has 11 heavy (non-hydrogen) atoms. The van der Waals surface area contributed by atoms with E-state index < -0.39 is 0 Å². The molecule has 2 rings (SSSR count). The van der Waals surface area contributed by atoms with E-state index in [4.69, 9.17) is 5.73 Å². The molecule has 58 valence electrons. The Morgan fingerprint density at radius 2 is 2.00 bits per heavy atom. The largest absolute Gasteiger partial charge is 0.397 e. The summed E-state index contributed by atoms with van der Waals surface area (Å²) < 4.78 is 0. The van der Waals surface area contributed by atoms with Crippen LogP contribution in [0.4, 0.5) is 5.69 Å². The second-order valence-corrected chi connectivity index (χ2v) is 2.29. The van der Waals surface area contributed by atoms with Gasteiger partial charge in [-0.25, -0.2) is 0 Å². The summed E-state index contributed by atoms with van der Waals surface area (Å²) in [6, 6.07) is 7.87. The SMILES string of the molecule is Br.Nc1cccc2cc[nH]c12. The topological polar surface area (TPSA) is 41.8 Å². The third kappa shape index (κ3) is 1.24. The van der Waals surface area contributed by atoms with Crippen molar-refractivity contribution in [2.75, 3.05) is 5.73 Å². The highest BCUT2D eigenvalue weighted by molar-refractivity contribution is 8.93. The van der Waals surface area contributed by atoms with Crippen LogP contribution in [0, 0.1) is 0 Å². The van der Waals surface area contributed by atoms with E-state index >= 15 is 0 Å². The van der Waals surface area contributed by atoms with Gasteiger partial charge in [0.05, 0.1) is 11.2 Å². The predicted molar refractivity (Wildman–Crippen MR) is 53.0 cm³/mol. The fourth-order valence-corrected chi connectivity index (χ4v) is 1.11. The lowest BCUT2D eigenvalue weighted by Crippen LogP contribution is -1.84. The van der Waals surface area contributed by atoms with Crippen molar-refractivity contribution in [1.82, 2.24) is 4.98 Å². The maximum absolute atomic E-state index is 5.67. The smallest absolute Gasteiger partial charge is 0.0687 e. The summed E-state index contributed by atoms with van der Waals surface area (Å²) in [5.74, 6) is 0. The van der Waals surface area contributed by atoms with Crippen molar-refractivity contribution >= 4 is 33.6 Å². The van der Waals surface area contributed by atoms with Crippen molar-refractivity contribution in [3.05, 3.63) is 30.5 Å². The van der Waals surface area contributed by atoms with Gasteiger partial charge in [0, 0.05) is 11.6 Å². The Morgan fingerprint density at radius 1 is 1.18 bits per heavy atom. The Labute approximate surface area is 75.2 Å². The Bertz CT molecular complexity index is 354. The Hall–Kier alpha value is -0.960. The standard InChI is InChI=1S/C8H8N2.BrH/c9-7-3-1-2-6-4-5-10-8(6)7;/h1-5,10H,9H2;1H. The number of anilines is 1. The molecule has 0 aliphatic carbocycles. The van der Waals surface area contributed by atoms with E-state index in [2.05, 4.69) is 4.98 Å². The molecule has 0 unspecified atom stereocenters. The van der Waals surface area contributed by atoms with E-state index in [-0.39, 0.29) is 17.0 Å². The van der Waals surface area contributed by atoms with E-state index in [1.165, 1.54) is 5.39 Å². The van der Waals surface area contributed by atoms with Crippen LogP contribution in [0.25, 0.3) is 10.9 Å². The number of rotatable bonds is 0. The predicted octanol–water partition coefficient (Wildman–Crippen LogP) is 2.33. The normalized spacial score (nSPS) is 9.45. The lowest BCUT2D eigenvalue weighted by molar-refractivity contribution is 1.48. The summed E-state index contributed by atoms with van der Waals surface area (Å²) in [5.41, 5.74) is 7.51. The zero-order chi connectivity index (χ0) is 6.97. The molecule has 0 aliphatic heterocycles. The van der Waals surface area contributed by atoms with Gasteiger partial charge >= 0.3 is 0 Å². The minimum Gasteiger partial charge on any atom is -0.397 e. The number of para-hydroxylation sites is 1. The molecule has 0 atom stereocenters. The number of benzene rings is 1. The number of nitrogen functional groups attached to an aromatic ring is 1. The molecule has 0 spiro atoms. The van der Waals surface area contributed by atoms with Gasteiger partial charge in [0.25, 0.3) is 0 Å². The fraction of sp³-hybridized carbons (Fsp3) is 0. The molecule has 3 N–H and O–H groups in total. The monoisotopic (exact) mass is 212 g/mol. The number of nitrogens with two attached hydrogens (primary N) is 1. The Balaban J connectivity index is 0.000000605. The van der Waals surface area contributed by atoms with Gasteiger partial charge in [-0.1, -0.05) is 12.1 Å². The van der Waals surface area contributed by atoms with Gasteiger partial charge < -0.3 is 10.7 Å². The fourth-order valence-electron chi connectivity index (χ4n) is 1.11. The molecule has 0 saturated heterocycles. The van der Waals surface area contributed by atoms with Crippen molar-refractivity contribution in [1.29, 1.82) is 0 Å². The van der Waals surface area contributed by atoms with E-state index in [9.17, 15) is 0 Å². The number of hydrogen-bond donors (Lipinski definition) is 2. The van der Waals surface area contributed by atoms with Gasteiger partial charge in [-0.2, -0.15) is 0 Å². The van der Waals surface area contributed by atoms with Crippen LogP contribution in [0.5, 0.6) is 0 Å². The van der Waals surface area contributed by atoms with Crippen molar-refractivity contribution in [2.45, 2.75) is 0 Å². The molecule has 3 heteroatoms. The highest BCUT2D eigenvalue weighted by Crippen LogP contribution is 2.17. The van der Waals surface area contributed by atoms with Gasteiger partial charge in [-0.05, 0) is 12.1 Å². The summed E-state index contributed by atoms with van der Waals surface area (Å²) in [5, 5.41) is 1.17. The molecule has 1 aromatic heterocycles. The van der Waals surface area contributed by atoms with E-state index in [1.54, 1.807) is 0 Å². The molecule has 1 heterocycles. The first-order chi connectivity index (χ1) is 4.88. The number of halogens is 1. The van der Waals surface area contributed by atoms with Crippen LogP contribution in [0.1, 0.15) is 0 Å². The highest BCUT2D eigenvalue weighted by Gasteiger charge is 1.94. The molecule has 0 fully saturated rings. The zero-order valence-corrected chi connectivity index (χ0v) is 7.59. The minimum atomic E-state index is 0. The van der Waals surface area contributed by atoms with Gasteiger partial charge in [0.1, 0.15) is 0 Å². The van der Waals surface area contributed by atoms with Crippen molar-refractivity contribution < 1.29 is 0 Å². The van der Waals surface area contributed by atoms with Crippen molar-refractivity contribution in [3.63, 3.8) is 0 Å². The average Bonchev–Trinajstić information content (AvgIpc) is 2.36. The molecule has 0 bridgehead atoms. The number of nitrogens with one attached hydrogen (secondary N) is 1. The van der Waals surface area contributed by atoms with E-state index in [1.807, 2.05) is 30.5 Å². The number of aromatic nitrogens is 1. The lowest BCUT2D eigenvalue weighted by Gasteiger charge is -1.92. The van der Waals surface area contributed by atoms with Gasteiger partial charge in [0.2, 0.25) is 0 Å². The number of fused-ring (bicyclic) bond motifs is 1. The van der Waals surface area contributed by atoms with Crippen LogP contribution in [-0.2, 0) is 0 Å². The molecular formula is C8H9BrN2. The van der Waals surface area contributed by atoms with Crippen LogP contribution in [0.3, 0.4) is 0 Å². The molecule has 2 nitrogen and oxygen atoms in total. The second-order valence-electron chi connectivity index (χ2n) is 2.29. The molecule has 0 amide bonds. The molecule has 0 radical (unpaired) electrons. The second kappa shape index (κ2) is 2.96. The van der Waals surface area contributed by atoms with Gasteiger partial charge in [0.15, 0.2) is 0 Å². The first kappa shape index (κ1) is 8.14. The molecule has 0 aliphatic rings. The summed E-state index contributed by atoms with van der Waals surface area (Å²) in [4.78, 5) is 3.06. The third-order valence-corrected chi connectivity index (χ3v) is 1.62. The third-order valence-electron chi connectivity index (χ3n) is 1.62. The summed E-state index contributed by atoms with van der Waals surface area (Å²) in [6.45, 7) is 0. The maximum atomic E-state index is 5.67. The number of H-pyrrole nitrogens is 1. The highest BCUT2D eigenvalue weighted by atomic mass is 79.9. The Morgan fingerprint density at radius 3 is 2.73 bits per heavy atom. The Kier molecular flexibility index (Phi) is 2.19. The van der Waals surface area contributed by atoms with Crippen LogP contribution in [-0.4, -0.2) is 4.98 Å². The summed E-state index contributed by atoms with van der Waals surface area (Å²) in [6.07, 6.45) is 1.89. The molecule has 1 aromatic carbocycles. The van der Waals surface area contributed by atoms with Crippen LogP contribution >= 0.6 is 17.0 Å². The average molecular weight is 213 g/mol. The summed E-state index contributed by atoms with van der Waals surface area (Å²) in [7, 11) is 0. The van der Waals surface area contributed by atoms with E-state index in [0.717, 1.165) is 11.2 Å². The zero-order valence-electron chi connectivity index (χ0n) is 5.87. The van der Waals surface area contributed by atoms with Crippen LogP contribution < -0.4 is 5.73 Å².